The van der Waals surface area contributed by atoms with Crippen LogP contribution in [-0.2, 0) is 11.3 Å². The smallest absolute Gasteiger partial charge is 0.223 e. The highest BCUT2D eigenvalue weighted by Gasteiger charge is 2.21. The van der Waals surface area contributed by atoms with E-state index in [4.69, 9.17) is 4.74 Å². The molecule has 104 valence electrons. The zero-order valence-corrected chi connectivity index (χ0v) is 11.0. The maximum atomic E-state index is 13.7. The average molecular weight is 266 g/mol. The van der Waals surface area contributed by atoms with Gasteiger partial charge >= 0.3 is 0 Å². The summed E-state index contributed by atoms with van der Waals surface area (Å²) in [6, 6.07) is 5.44. The molecule has 0 aliphatic heterocycles. The number of benzene rings is 1. The molecular formula is C14H19FN2O2. The number of ether oxygens (including phenoxy) is 1. The predicted octanol–water partition coefficient (Wildman–Crippen LogP) is 1.59. The third kappa shape index (κ3) is 4.21. The minimum Gasteiger partial charge on any atom is -0.490 e. The van der Waals surface area contributed by atoms with E-state index in [1.54, 1.807) is 13.1 Å². The van der Waals surface area contributed by atoms with E-state index in [-0.39, 0.29) is 30.5 Å². The molecule has 1 aromatic carbocycles. The second-order valence-corrected chi connectivity index (χ2v) is 4.65. The maximum Gasteiger partial charge on any atom is 0.223 e. The van der Waals surface area contributed by atoms with Gasteiger partial charge in [-0.25, -0.2) is 4.39 Å². The van der Waals surface area contributed by atoms with Crippen molar-refractivity contribution in [2.24, 2.45) is 0 Å². The average Bonchev–Trinajstić information content (AvgIpc) is 3.22. The summed E-state index contributed by atoms with van der Waals surface area (Å²) >= 11 is 0. The fourth-order valence-electron chi connectivity index (χ4n) is 1.77. The fraction of sp³-hybridized carbons (Fsp3) is 0.500. The van der Waals surface area contributed by atoms with Crippen LogP contribution in [-0.4, -0.2) is 25.6 Å². The Bertz CT molecular complexity index is 447. The predicted molar refractivity (Wildman–Crippen MR) is 70.4 cm³/mol. The first-order valence-electron chi connectivity index (χ1n) is 6.55. The lowest BCUT2D eigenvalue weighted by molar-refractivity contribution is -0.121. The number of para-hydroxylation sites is 1. The Labute approximate surface area is 112 Å². The van der Waals surface area contributed by atoms with Crippen molar-refractivity contribution in [3.63, 3.8) is 0 Å². The van der Waals surface area contributed by atoms with Crippen LogP contribution in [0.5, 0.6) is 5.75 Å². The molecule has 19 heavy (non-hydrogen) atoms. The van der Waals surface area contributed by atoms with Crippen molar-refractivity contribution in [1.29, 1.82) is 0 Å². The molecule has 1 amide bonds. The first kappa shape index (κ1) is 13.8. The van der Waals surface area contributed by atoms with Crippen molar-refractivity contribution >= 4 is 5.91 Å². The summed E-state index contributed by atoms with van der Waals surface area (Å²) in [6.07, 6.45) is 2.59. The van der Waals surface area contributed by atoms with Gasteiger partial charge in [-0.2, -0.15) is 0 Å². The van der Waals surface area contributed by atoms with Gasteiger partial charge in [0.1, 0.15) is 0 Å². The van der Waals surface area contributed by atoms with Gasteiger partial charge in [0.15, 0.2) is 11.6 Å². The van der Waals surface area contributed by atoms with E-state index < -0.39 is 0 Å². The Morgan fingerprint density at radius 2 is 2.26 bits per heavy atom. The van der Waals surface area contributed by atoms with Crippen LogP contribution in [0.15, 0.2) is 18.2 Å². The van der Waals surface area contributed by atoms with Gasteiger partial charge in [0.05, 0.1) is 13.0 Å². The zero-order valence-electron chi connectivity index (χ0n) is 11.0. The molecule has 0 atom stereocenters. The monoisotopic (exact) mass is 266 g/mol. The van der Waals surface area contributed by atoms with Gasteiger partial charge in [-0.1, -0.05) is 12.1 Å². The van der Waals surface area contributed by atoms with Crippen molar-refractivity contribution in [2.45, 2.75) is 31.8 Å². The van der Waals surface area contributed by atoms with Crippen LogP contribution in [0, 0.1) is 5.82 Å². The quantitative estimate of drug-likeness (QED) is 0.788. The van der Waals surface area contributed by atoms with Gasteiger partial charge in [-0.05, 0) is 18.9 Å². The van der Waals surface area contributed by atoms with Crippen LogP contribution in [0.1, 0.15) is 24.8 Å². The molecule has 0 spiro atoms. The van der Waals surface area contributed by atoms with E-state index in [9.17, 15) is 9.18 Å². The molecule has 4 nitrogen and oxygen atoms in total. The van der Waals surface area contributed by atoms with E-state index in [1.165, 1.54) is 18.9 Å². The molecule has 5 heteroatoms. The lowest BCUT2D eigenvalue weighted by Crippen LogP contribution is -2.21. The Hall–Kier alpha value is -1.62. The number of carbonyl (C=O) groups excluding carboxylic acids is 1. The minimum atomic E-state index is -0.382. The lowest BCUT2D eigenvalue weighted by atomic mass is 10.2. The largest absolute Gasteiger partial charge is 0.490 e. The van der Waals surface area contributed by atoms with Gasteiger partial charge in [0.25, 0.3) is 0 Å². The van der Waals surface area contributed by atoms with Crippen molar-refractivity contribution in [1.82, 2.24) is 10.6 Å². The van der Waals surface area contributed by atoms with E-state index in [2.05, 4.69) is 10.6 Å². The molecule has 0 saturated heterocycles. The number of amides is 1. The van der Waals surface area contributed by atoms with Crippen molar-refractivity contribution in [3.05, 3.63) is 29.6 Å². The number of hydrogen-bond acceptors (Lipinski definition) is 3. The van der Waals surface area contributed by atoms with Gasteiger partial charge in [0, 0.05) is 25.2 Å². The van der Waals surface area contributed by atoms with Crippen LogP contribution in [0.2, 0.25) is 0 Å². The van der Waals surface area contributed by atoms with Gasteiger partial charge < -0.3 is 15.4 Å². The SMILES string of the molecule is CNC(=O)CCOc1c(F)cccc1CNC1CC1. The number of hydrogen-bond donors (Lipinski definition) is 2. The summed E-state index contributed by atoms with van der Waals surface area (Å²) in [4.78, 5) is 11.1. The summed E-state index contributed by atoms with van der Waals surface area (Å²) in [6.45, 7) is 0.773. The van der Waals surface area contributed by atoms with Gasteiger partial charge in [0.2, 0.25) is 5.91 Å². The molecule has 0 aromatic heterocycles. The first-order chi connectivity index (χ1) is 9.20. The summed E-state index contributed by atoms with van der Waals surface area (Å²) < 4.78 is 19.2. The zero-order chi connectivity index (χ0) is 13.7. The molecule has 1 aliphatic carbocycles. The molecule has 1 fully saturated rings. The Morgan fingerprint density at radius 1 is 1.47 bits per heavy atom. The summed E-state index contributed by atoms with van der Waals surface area (Å²) in [7, 11) is 1.57. The molecule has 0 bridgehead atoms. The second-order valence-electron chi connectivity index (χ2n) is 4.65. The highest BCUT2D eigenvalue weighted by Crippen LogP contribution is 2.25. The highest BCUT2D eigenvalue weighted by atomic mass is 19.1. The third-order valence-electron chi connectivity index (χ3n) is 3.06. The van der Waals surface area contributed by atoms with E-state index in [0.717, 1.165) is 5.56 Å². The molecular weight excluding hydrogens is 247 g/mol. The molecule has 2 N–H and O–H groups in total. The highest BCUT2D eigenvalue weighted by molar-refractivity contribution is 5.75. The van der Waals surface area contributed by atoms with E-state index in [0.29, 0.717) is 12.6 Å². The van der Waals surface area contributed by atoms with E-state index in [1.807, 2.05) is 6.07 Å². The molecule has 0 unspecified atom stereocenters. The fourth-order valence-corrected chi connectivity index (χ4v) is 1.77. The minimum absolute atomic E-state index is 0.117. The summed E-state index contributed by atoms with van der Waals surface area (Å²) in [5.74, 6) is -0.249. The van der Waals surface area contributed by atoms with Crippen molar-refractivity contribution < 1.29 is 13.9 Å². The Kier molecular flexibility index (Phi) is 4.74. The van der Waals surface area contributed by atoms with Crippen LogP contribution in [0.4, 0.5) is 4.39 Å². The Balaban J connectivity index is 1.93. The molecule has 2 rings (SSSR count). The topological polar surface area (TPSA) is 50.4 Å². The Morgan fingerprint density at radius 3 is 2.95 bits per heavy atom. The first-order valence-corrected chi connectivity index (χ1v) is 6.55. The van der Waals surface area contributed by atoms with Crippen molar-refractivity contribution in [2.75, 3.05) is 13.7 Å². The second kappa shape index (κ2) is 6.52. The van der Waals surface area contributed by atoms with Crippen LogP contribution in [0.25, 0.3) is 0 Å². The molecule has 1 saturated carbocycles. The molecule has 0 heterocycles. The molecule has 1 aromatic rings. The number of halogens is 1. The summed E-state index contributed by atoms with van der Waals surface area (Å²) in [5.41, 5.74) is 0.795. The van der Waals surface area contributed by atoms with Crippen LogP contribution in [0.3, 0.4) is 0 Å². The van der Waals surface area contributed by atoms with E-state index >= 15 is 0 Å². The normalized spacial score (nSPS) is 14.2. The number of rotatable bonds is 7. The maximum absolute atomic E-state index is 13.7. The van der Waals surface area contributed by atoms with Crippen molar-refractivity contribution in [3.8, 4) is 5.75 Å². The van der Waals surface area contributed by atoms with Gasteiger partial charge in [-0.15, -0.1) is 0 Å². The third-order valence-corrected chi connectivity index (χ3v) is 3.06. The van der Waals surface area contributed by atoms with Crippen LogP contribution < -0.4 is 15.4 Å². The molecule has 0 radical (unpaired) electrons. The number of carbonyl (C=O) groups is 1. The summed E-state index contributed by atoms with van der Waals surface area (Å²) in [5, 5.41) is 5.83. The standard InChI is InChI=1S/C14H19FN2O2/c1-16-13(18)7-8-19-14-10(3-2-4-12(14)15)9-17-11-5-6-11/h2-4,11,17H,5-9H2,1H3,(H,16,18). The number of nitrogens with one attached hydrogen (secondary N) is 2. The van der Waals surface area contributed by atoms with Gasteiger partial charge in [-0.3, -0.25) is 4.79 Å². The molecule has 1 aliphatic rings. The lowest BCUT2D eigenvalue weighted by Gasteiger charge is -2.12. The van der Waals surface area contributed by atoms with Crippen LogP contribution >= 0.6 is 0 Å².